The highest BCUT2D eigenvalue weighted by atomic mass is 16.5. The van der Waals surface area contributed by atoms with Crippen molar-refractivity contribution in [2.75, 3.05) is 6.61 Å². The van der Waals surface area contributed by atoms with Gasteiger partial charge >= 0.3 is 5.97 Å². The van der Waals surface area contributed by atoms with E-state index in [4.69, 9.17) is 4.74 Å². The molecule has 0 bridgehead atoms. The third-order valence-corrected chi connectivity index (χ3v) is 1.73. The number of ether oxygens (including phenoxy) is 1. The lowest BCUT2D eigenvalue weighted by Crippen LogP contribution is -2.34. The molecule has 1 aromatic heterocycles. The predicted molar refractivity (Wildman–Crippen MR) is 57.1 cm³/mol. The molecule has 0 unspecified atom stereocenters. The predicted octanol–water partition coefficient (Wildman–Crippen LogP) is -0.626. The van der Waals surface area contributed by atoms with Gasteiger partial charge in [-0.3, -0.25) is 4.79 Å². The van der Waals surface area contributed by atoms with Crippen LogP contribution in [0.1, 0.15) is 31.4 Å². The van der Waals surface area contributed by atoms with E-state index in [1.54, 1.807) is 6.92 Å². The van der Waals surface area contributed by atoms with Crippen molar-refractivity contribution in [3.63, 3.8) is 0 Å². The maximum Gasteiger partial charge on any atom is 0.378 e. The van der Waals surface area contributed by atoms with Gasteiger partial charge in [-0.05, 0) is 31.2 Å². The molecule has 8 nitrogen and oxygen atoms in total. The lowest BCUT2D eigenvalue weighted by Gasteiger charge is -2.08. The molecule has 17 heavy (non-hydrogen) atoms. The Morgan fingerprint density at radius 3 is 2.76 bits per heavy atom. The smallest absolute Gasteiger partial charge is 0.378 e. The third kappa shape index (κ3) is 3.82. The third-order valence-electron chi connectivity index (χ3n) is 1.73. The molecule has 0 atom stereocenters. The van der Waals surface area contributed by atoms with Crippen LogP contribution in [0.25, 0.3) is 0 Å². The Labute approximate surface area is 98.3 Å². The Morgan fingerprint density at radius 2 is 2.18 bits per heavy atom. The number of hydrogen-bond donors (Lipinski definition) is 1. The van der Waals surface area contributed by atoms with E-state index in [9.17, 15) is 9.59 Å². The second-order valence-electron chi connectivity index (χ2n) is 3.60. The average Bonchev–Trinajstić information content (AvgIpc) is 2.64. The van der Waals surface area contributed by atoms with Crippen molar-refractivity contribution in [3.05, 3.63) is 5.82 Å². The van der Waals surface area contributed by atoms with Crippen LogP contribution in [-0.2, 0) is 16.1 Å². The van der Waals surface area contributed by atoms with E-state index >= 15 is 0 Å². The maximum atomic E-state index is 11.5. The van der Waals surface area contributed by atoms with Crippen LogP contribution in [0.5, 0.6) is 0 Å². The fourth-order valence-corrected chi connectivity index (χ4v) is 1.16. The van der Waals surface area contributed by atoms with Gasteiger partial charge in [-0.2, -0.15) is 0 Å². The number of nitrogens with one attached hydrogen (secondary N) is 1. The maximum absolute atomic E-state index is 11.5. The summed E-state index contributed by atoms with van der Waals surface area (Å²) < 4.78 is 5.86. The Morgan fingerprint density at radius 1 is 1.47 bits per heavy atom. The molecule has 0 radical (unpaired) electrons. The lowest BCUT2D eigenvalue weighted by atomic mass is 10.4. The number of hydrogen-bond acceptors (Lipinski definition) is 6. The number of carbonyl (C=O) groups is 2. The highest BCUT2D eigenvalue weighted by molar-refractivity contribution is 5.86. The van der Waals surface area contributed by atoms with Crippen molar-refractivity contribution in [3.8, 4) is 0 Å². The highest BCUT2D eigenvalue weighted by Gasteiger charge is 2.18. The van der Waals surface area contributed by atoms with E-state index in [2.05, 4.69) is 20.8 Å². The van der Waals surface area contributed by atoms with E-state index in [0.29, 0.717) is 0 Å². The van der Waals surface area contributed by atoms with E-state index in [1.165, 1.54) is 0 Å². The van der Waals surface area contributed by atoms with Gasteiger partial charge in [0.15, 0.2) is 0 Å². The van der Waals surface area contributed by atoms with E-state index < -0.39 is 5.97 Å². The summed E-state index contributed by atoms with van der Waals surface area (Å²) in [6.45, 7) is 5.47. The average molecular weight is 241 g/mol. The van der Waals surface area contributed by atoms with Gasteiger partial charge in [-0.25, -0.2) is 9.48 Å². The highest BCUT2D eigenvalue weighted by Crippen LogP contribution is 1.96. The molecule has 1 N–H and O–H groups in total. The van der Waals surface area contributed by atoms with Crippen LogP contribution < -0.4 is 5.32 Å². The molecule has 0 aliphatic rings. The van der Waals surface area contributed by atoms with Crippen molar-refractivity contribution in [1.82, 2.24) is 25.5 Å². The van der Waals surface area contributed by atoms with Crippen LogP contribution in [0.4, 0.5) is 0 Å². The van der Waals surface area contributed by atoms with Crippen LogP contribution in [0, 0.1) is 0 Å². The van der Waals surface area contributed by atoms with Gasteiger partial charge in [0.05, 0.1) is 6.61 Å². The molecule has 8 heteroatoms. The van der Waals surface area contributed by atoms with E-state index in [0.717, 1.165) is 4.68 Å². The number of tetrazole rings is 1. The van der Waals surface area contributed by atoms with Gasteiger partial charge in [0.2, 0.25) is 5.91 Å². The number of carbonyl (C=O) groups excluding carboxylic acids is 2. The van der Waals surface area contributed by atoms with Gasteiger partial charge in [-0.15, -0.1) is 5.10 Å². The van der Waals surface area contributed by atoms with Crippen LogP contribution in [0.2, 0.25) is 0 Å². The Hall–Kier alpha value is -1.99. The van der Waals surface area contributed by atoms with Crippen LogP contribution >= 0.6 is 0 Å². The van der Waals surface area contributed by atoms with Crippen molar-refractivity contribution in [1.29, 1.82) is 0 Å². The zero-order chi connectivity index (χ0) is 12.8. The lowest BCUT2D eigenvalue weighted by molar-refractivity contribution is -0.122. The SMILES string of the molecule is CCOC(=O)c1nnnn1CC(=O)NC(C)C. The zero-order valence-corrected chi connectivity index (χ0v) is 10.0. The quantitative estimate of drug-likeness (QED) is 0.689. The molecular weight excluding hydrogens is 226 g/mol. The molecule has 0 spiro atoms. The molecule has 0 aromatic carbocycles. The largest absolute Gasteiger partial charge is 0.460 e. The molecule has 0 aliphatic heterocycles. The summed E-state index contributed by atoms with van der Waals surface area (Å²) in [6, 6.07) is 0.0185. The summed E-state index contributed by atoms with van der Waals surface area (Å²) >= 11 is 0. The number of amides is 1. The van der Waals surface area contributed by atoms with Crippen LogP contribution in [-0.4, -0.2) is 44.7 Å². The second kappa shape index (κ2) is 5.92. The minimum absolute atomic E-state index is 0.0185. The minimum atomic E-state index is -0.644. The van der Waals surface area contributed by atoms with Gasteiger partial charge in [0, 0.05) is 6.04 Å². The molecule has 0 aliphatic carbocycles. The van der Waals surface area contributed by atoms with E-state index in [1.807, 2.05) is 13.8 Å². The van der Waals surface area contributed by atoms with Crippen molar-refractivity contribution < 1.29 is 14.3 Å². The van der Waals surface area contributed by atoms with Crippen molar-refractivity contribution >= 4 is 11.9 Å². The Balaban J connectivity index is 2.69. The number of aromatic nitrogens is 4. The van der Waals surface area contributed by atoms with Crippen molar-refractivity contribution in [2.45, 2.75) is 33.4 Å². The molecule has 1 rings (SSSR count). The Bertz CT molecular complexity index is 401. The summed E-state index contributed by atoms with van der Waals surface area (Å²) in [4.78, 5) is 22.9. The van der Waals surface area contributed by atoms with Crippen LogP contribution in [0.3, 0.4) is 0 Å². The molecule has 0 saturated carbocycles. The fraction of sp³-hybridized carbons (Fsp3) is 0.667. The molecule has 94 valence electrons. The molecular formula is C9H15N5O3. The number of rotatable bonds is 5. The summed E-state index contributed by atoms with van der Waals surface area (Å²) in [5.74, 6) is -0.988. The summed E-state index contributed by atoms with van der Waals surface area (Å²) in [7, 11) is 0. The van der Waals surface area contributed by atoms with Gasteiger partial charge in [-0.1, -0.05) is 0 Å². The number of nitrogens with zero attached hydrogens (tertiary/aromatic N) is 4. The second-order valence-corrected chi connectivity index (χ2v) is 3.60. The summed E-state index contributed by atoms with van der Waals surface area (Å²) in [5.41, 5.74) is 0. The fourth-order valence-electron chi connectivity index (χ4n) is 1.16. The van der Waals surface area contributed by atoms with E-state index in [-0.39, 0.29) is 30.9 Å². The first-order valence-corrected chi connectivity index (χ1v) is 5.27. The van der Waals surface area contributed by atoms with Crippen LogP contribution in [0.15, 0.2) is 0 Å². The molecule has 0 saturated heterocycles. The molecule has 1 heterocycles. The van der Waals surface area contributed by atoms with Gasteiger partial charge < -0.3 is 10.1 Å². The monoisotopic (exact) mass is 241 g/mol. The number of esters is 1. The Kier molecular flexibility index (Phi) is 4.56. The molecule has 1 amide bonds. The molecule has 1 aromatic rings. The standard InChI is InChI=1S/C9H15N5O3/c1-4-17-9(16)8-11-12-13-14(8)5-7(15)10-6(2)3/h6H,4-5H2,1-3H3,(H,10,15). The van der Waals surface area contributed by atoms with Gasteiger partial charge in [0.1, 0.15) is 6.54 Å². The first-order valence-electron chi connectivity index (χ1n) is 5.27. The summed E-state index contributed by atoms with van der Waals surface area (Å²) in [6.07, 6.45) is 0. The minimum Gasteiger partial charge on any atom is -0.460 e. The zero-order valence-electron chi connectivity index (χ0n) is 10.0. The normalized spacial score (nSPS) is 10.4. The molecule has 0 fully saturated rings. The first kappa shape index (κ1) is 13.1. The summed E-state index contributed by atoms with van der Waals surface area (Å²) in [5, 5.41) is 13.1. The first-order chi connectivity index (χ1) is 8.04. The van der Waals surface area contributed by atoms with Gasteiger partial charge in [0.25, 0.3) is 5.82 Å². The topological polar surface area (TPSA) is 99.0 Å². The van der Waals surface area contributed by atoms with Crippen molar-refractivity contribution in [2.24, 2.45) is 0 Å².